The van der Waals surface area contributed by atoms with Crippen molar-refractivity contribution in [1.82, 2.24) is 9.97 Å². The molecule has 2 aromatic heterocycles. The Labute approximate surface area is 146 Å². The smallest absolute Gasteiger partial charge is 0.259 e. The number of carbonyl (C=O) groups excluding carboxylic acids is 1. The molecule has 0 saturated carbocycles. The fourth-order valence-corrected chi connectivity index (χ4v) is 3.06. The van der Waals surface area contributed by atoms with Crippen LogP contribution in [0.15, 0.2) is 67.3 Å². The zero-order valence-corrected chi connectivity index (χ0v) is 13.7. The van der Waals surface area contributed by atoms with Crippen LogP contribution in [0.4, 0.5) is 11.4 Å². The second-order valence-corrected chi connectivity index (χ2v) is 6.01. The van der Waals surface area contributed by atoms with Crippen LogP contribution in [-0.2, 0) is 13.0 Å². The van der Waals surface area contributed by atoms with Gasteiger partial charge in [-0.05, 0) is 41.8 Å². The Morgan fingerprint density at radius 1 is 1.08 bits per heavy atom. The summed E-state index contributed by atoms with van der Waals surface area (Å²) in [4.78, 5) is 23.0. The van der Waals surface area contributed by atoms with E-state index in [0.717, 1.165) is 23.4 Å². The van der Waals surface area contributed by atoms with E-state index < -0.39 is 0 Å². The van der Waals surface area contributed by atoms with Crippen LogP contribution in [0, 0.1) is 0 Å². The summed E-state index contributed by atoms with van der Waals surface area (Å²) >= 11 is 0. The summed E-state index contributed by atoms with van der Waals surface area (Å²) in [6, 6.07) is 13.8. The van der Waals surface area contributed by atoms with Crippen molar-refractivity contribution >= 4 is 17.3 Å². The molecule has 5 heteroatoms. The van der Waals surface area contributed by atoms with Crippen molar-refractivity contribution in [3.8, 4) is 0 Å². The van der Waals surface area contributed by atoms with Crippen LogP contribution in [-0.4, -0.2) is 22.4 Å². The zero-order valence-electron chi connectivity index (χ0n) is 13.7. The second kappa shape index (κ2) is 6.73. The minimum atomic E-state index is -0.00925. The Morgan fingerprint density at radius 2 is 1.92 bits per heavy atom. The summed E-state index contributed by atoms with van der Waals surface area (Å²) in [6.07, 6.45) is 7.78. The fourth-order valence-electron chi connectivity index (χ4n) is 3.06. The number of fused-ring (bicyclic) bond motifs is 1. The van der Waals surface area contributed by atoms with Gasteiger partial charge >= 0.3 is 0 Å². The number of para-hydroxylation sites is 1. The van der Waals surface area contributed by atoms with Gasteiger partial charge in [-0.25, -0.2) is 0 Å². The number of anilines is 2. The van der Waals surface area contributed by atoms with Crippen LogP contribution in [0.25, 0.3) is 0 Å². The first-order chi connectivity index (χ1) is 12.3. The Kier molecular flexibility index (Phi) is 4.12. The van der Waals surface area contributed by atoms with Crippen molar-refractivity contribution in [3.63, 3.8) is 0 Å². The van der Waals surface area contributed by atoms with Crippen LogP contribution in [0.5, 0.6) is 0 Å². The van der Waals surface area contributed by atoms with Gasteiger partial charge < -0.3 is 10.2 Å². The SMILES string of the molecule is O=C(c1cncc(NCc2ccncc2)c1)N1CCc2ccccc21. The molecular weight excluding hydrogens is 312 g/mol. The van der Waals surface area contributed by atoms with Gasteiger partial charge in [0.1, 0.15) is 0 Å². The van der Waals surface area contributed by atoms with Gasteiger partial charge in [-0.3, -0.25) is 14.8 Å². The predicted molar refractivity (Wildman–Crippen MR) is 97.6 cm³/mol. The first-order valence-electron chi connectivity index (χ1n) is 8.29. The van der Waals surface area contributed by atoms with Crippen molar-refractivity contribution in [2.24, 2.45) is 0 Å². The maximum absolute atomic E-state index is 12.9. The molecule has 5 nitrogen and oxygen atoms in total. The quantitative estimate of drug-likeness (QED) is 0.797. The first-order valence-corrected chi connectivity index (χ1v) is 8.29. The number of hydrogen-bond donors (Lipinski definition) is 1. The first kappa shape index (κ1) is 15.3. The third-order valence-electron chi connectivity index (χ3n) is 4.36. The summed E-state index contributed by atoms with van der Waals surface area (Å²) in [6.45, 7) is 1.38. The topological polar surface area (TPSA) is 58.1 Å². The Hall–Kier alpha value is -3.21. The second-order valence-electron chi connectivity index (χ2n) is 6.01. The van der Waals surface area contributed by atoms with E-state index in [9.17, 15) is 4.79 Å². The van der Waals surface area contributed by atoms with E-state index in [-0.39, 0.29) is 5.91 Å². The van der Waals surface area contributed by atoms with Gasteiger partial charge in [0, 0.05) is 43.6 Å². The highest BCUT2D eigenvalue weighted by Gasteiger charge is 2.25. The number of amides is 1. The number of pyridine rings is 2. The molecule has 0 aliphatic carbocycles. The van der Waals surface area contributed by atoms with Gasteiger partial charge in [-0.15, -0.1) is 0 Å². The van der Waals surface area contributed by atoms with E-state index in [4.69, 9.17) is 0 Å². The molecule has 1 aliphatic heterocycles. The third kappa shape index (κ3) is 3.21. The van der Waals surface area contributed by atoms with Crippen LogP contribution in [0.2, 0.25) is 0 Å². The Bertz CT molecular complexity index is 895. The number of nitrogens with zero attached hydrogens (tertiary/aromatic N) is 3. The molecule has 1 aromatic carbocycles. The number of aromatic nitrogens is 2. The van der Waals surface area contributed by atoms with E-state index >= 15 is 0 Å². The number of rotatable bonds is 4. The largest absolute Gasteiger partial charge is 0.380 e. The molecule has 25 heavy (non-hydrogen) atoms. The fraction of sp³-hybridized carbons (Fsp3) is 0.150. The molecule has 0 bridgehead atoms. The molecule has 3 aromatic rings. The minimum absolute atomic E-state index is 0.00925. The molecule has 3 heterocycles. The highest BCUT2D eigenvalue weighted by Crippen LogP contribution is 2.29. The lowest BCUT2D eigenvalue weighted by molar-refractivity contribution is 0.0989. The molecule has 0 atom stereocenters. The molecule has 0 spiro atoms. The van der Waals surface area contributed by atoms with Gasteiger partial charge in [-0.1, -0.05) is 18.2 Å². The van der Waals surface area contributed by atoms with E-state index in [0.29, 0.717) is 18.7 Å². The Morgan fingerprint density at radius 3 is 2.80 bits per heavy atom. The molecule has 1 N–H and O–H groups in total. The average molecular weight is 330 g/mol. The highest BCUT2D eigenvalue weighted by atomic mass is 16.2. The van der Waals surface area contributed by atoms with Crippen molar-refractivity contribution in [3.05, 3.63) is 83.9 Å². The summed E-state index contributed by atoms with van der Waals surface area (Å²) in [5.74, 6) is -0.00925. The summed E-state index contributed by atoms with van der Waals surface area (Å²) in [5, 5.41) is 3.30. The molecule has 0 unspecified atom stereocenters. The maximum atomic E-state index is 12.9. The number of nitrogens with one attached hydrogen (secondary N) is 1. The van der Waals surface area contributed by atoms with E-state index in [1.54, 1.807) is 24.8 Å². The van der Waals surface area contributed by atoms with Crippen LogP contribution in [0.1, 0.15) is 21.5 Å². The molecular formula is C20H18N4O. The van der Waals surface area contributed by atoms with Gasteiger partial charge in [-0.2, -0.15) is 0 Å². The van der Waals surface area contributed by atoms with Crippen molar-refractivity contribution in [1.29, 1.82) is 0 Å². The molecule has 0 fully saturated rings. The number of carbonyl (C=O) groups is 1. The molecule has 1 amide bonds. The van der Waals surface area contributed by atoms with Crippen molar-refractivity contribution in [2.45, 2.75) is 13.0 Å². The average Bonchev–Trinajstić information content (AvgIpc) is 3.11. The van der Waals surface area contributed by atoms with Gasteiger partial charge in [0.2, 0.25) is 0 Å². The zero-order chi connectivity index (χ0) is 17.1. The normalized spacial score (nSPS) is 12.7. The number of benzene rings is 1. The monoisotopic (exact) mass is 330 g/mol. The standard InChI is InChI=1S/C20H18N4O/c25-20(24-10-7-16-3-1-2-4-19(16)24)17-11-18(14-22-13-17)23-12-15-5-8-21-9-6-15/h1-6,8-9,11,13-14,23H,7,10,12H2. The van der Waals surface area contributed by atoms with Crippen LogP contribution < -0.4 is 10.2 Å². The Balaban J connectivity index is 1.51. The molecule has 0 radical (unpaired) electrons. The molecule has 124 valence electrons. The minimum Gasteiger partial charge on any atom is -0.380 e. The van der Waals surface area contributed by atoms with Gasteiger partial charge in [0.25, 0.3) is 5.91 Å². The predicted octanol–water partition coefficient (Wildman–Crippen LogP) is 3.29. The van der Waals surface area contributed by atoms with E-state index in [2.05, 4.69) is 21.4 Å². The lowest BCUT2D eigenvalue weighted by atomic mass is 10.2. The van der Waals surface area contributed by atoms with E-state index in [1.165, 1.54) is 5.56 Å². The summed E-state index contributed by atoms with van der Waals surface area (Å²) in [5.41, 5.74) is 4.77. The summed E-state index contributed by atoms with van der Waals surface area (Å²) < 4.78 is 0. The van der Waals surface area contributed by atoms with Crippen molar-refractivity contribution < 1.29 is 4.79 Å². The lowest BCUT2D eigenvalue weighted by Gasteiger charge is -2.17. The van der Waals surface area contributed by atoms with Gasteiger partial charge in [0.05, 0.1) is 11.3 Å². The third-order valence-corrected chi connectivity index (χ3v) is 4.36. The van der Waals surface area contributed by atoms with Crippen molar-refractivity contribution in [2.75, 3.05) is 16.8 Å². The summed E-state index contributed by atoms with van der Waals surface area (Å²) in [7, 11) is 0. The van der Waals surface area contributed by atoms with Crippen LogP contribution in [0.3, 0.4) is 0 Å². The lowest BCUT2D eigenvalue weighted by Crippen LogP contribution is -2.29. The maximum Gasteiger partial charge on any atom is 0.259 e. The number of hydrogen-bond acceptors (Lipinski definition) is 4. The highest BCUT2D eigenvalue weighted by molar-refractivity contribution is 6.07. The molecule has 1 aliphatic rings. The van der Waals surface area contributed by atoms with Crippen LogP contribution >= 0.6 is 0 Å². The van der Waals surface area contributed by atoms with E-state index in [1.807, 2.05) is 41.3 Å². The molecule has 0 saturated heterocycles. The molecule has 4 rings (SSSR count). The van der Waals surface area contributed by atoms with Gasteiger partial charge in [0.15, 0.2) is 0 Å².